The Bertz CT molecular complexity index is 368. The number of hydrogen-bond acceptors (Lipinski definition) is 2. The molecule has 1 saturated carbocycles. The number of amides is 2. The molecular formula is C12H18F2N2O3. The molecule has 0 aromatic carbocycles. The second kappa shape index (κ2) is 5.30. The number of carbonyl (C=O) groups is 2. The number of nitrogens with zero attached hydrogens (tertiary/aromatic N) is 1. The van der Waals surface area contributed by atoms with Gasteiger partial charge in [-0.1, -0.05) is 0 Å². The Morgan fingerprint density at radius 3 is 2.63 bits per heavy atom. The first-order valence-corrected chi connectivity index (χ1v) is 6.51. The van der Waals surface area contributed by atoms with Gasteiger partial charge in [-0.15, -0.1) is 0 Å². The molecule has 2 rings (SSSR count). The molecule has 1 saturated heterocycles. The van der Waals surface area contributed by atoms with Crippen LogP contribution >= 0.6 is 0 Å². The fraction of sp³-hybridized carbons (Fsp3) is 0.833. The standard InChI is InChI=1S/C12H18F2N2O3/c13-12(14)4-8(5-12)6-15-11(19)16-3-1-2-9(7-16)10(17)18/h8-9H,1-7H2,(H,15,19)(H,17,18). The molecule has 1 atom stereocenters. The number of halogens is 2. The predicted octanol–water partition coefficient (Wildman–Crippen LogP) is 1.54. The highest BCUT2D eigenvalue weighted by Crippen LogP contribution is 2.41. The van der Waals surface area contributed by atoms with Crippen LogP contribution in [0.25, 0.3) is 0 Å². The zero-order valence-corrected chi connectivity index (χ0v) is 10.6. The maximum atomic E-state index is 12.6. The summed E-state index contributed by atoms with van der Waals surface area (Å²) >= 11 is 0. The van der Waals surface area contributed by atoms with Gasteiger partial charge in [0.15, 0.2) is 0 Å². The minimum atomic E-state index is -2.57. The van der Waals surface area contributed by atoms with E-state index in [2.05, 4.69) is 5.32 Å². The van der Waals surface area contributed by atoms with Crippen molar-refractivity contribution in [1.29, 1.82) is 0 Å². The van der Waals surface area contributed by atoms with Crippen molar-refractivity contribution in [1.82, 2.24) is 10.2 Å². The Morgan fingerprint density at radius 1 is 1.37 bits per heavy atom. The third kappa shape index (κ3) is 3.54. The molecule has 0 aromatic rings. The summed E-state index contributed by atoms with van der Waals surface area (Å²) in [5.74, 6) is -4.16. The Kier molecular flexibility index (Phi) is 3.91. The fourth-order valence-corrected chi connectivity index (χ4v) is 2.64. The van der Waals surface area contributed by atoms with E-state index in [0.717, 1.165) is 0 Å². The van der Waals surface area contributed by atoms with Gasteiger partial charge in [0.2, 0.25) is 5.92 Å². The first kappa shape index (κ1) is 14.0. The number of urea groups is 1. The zero-order chi connectivity index (χ0) is 14.0. The van der Waals surface area contributed by atoms with E-state index in [4.69, 9.17) is 5.11 Å². The van der Waals surface area contributed by atoms with Gasteiger partial charge in [-0.3, -0.25) is 4.79 Å². The molecular weight excluding hydrogens is 258 g/mol. The summed E-state index contributed by atoms with van der Waals surface area (Å²) < 4.78 is 25.2. The van der Waals surface area contributed by atoms with Gasteiger partial charge in [0.05, 0.1) is 5.92 Å². The number of nitrogens with one attached hydrogen (secondary N) is 1. The molecule has 1 unspecified atom stereocenters. The van der Waals surface area contributed by atoms with E-state index >= 15 is 0 Å². The van der Waals surface area contributed by atoms with Crippen LogP contribution in [0.4, 0.5) is 13.6 Å². The molecule has 2 amide bonds. The Balaban J connectivity index is 1.72. The Morgan fingerprint density at radius 2 is 2.05 bits per heavy atom. The molecule has 7 heteroatoms. The van der Waals surface area contributed by atoms with Gasteiger partial charge in [0.1, 0.15) is 0 Å². The van der Waals surface area contributed by atoms with E-state index in [1.807, 2.05) is 0 Å². The lowest BCUT2D eigenvalue weighted by molar-refractivity contribution is -0.143. The number of carboxylic acid groups (broad SMARTS) is 1. The Hall–Kier alpha value is -1.40. The number of alkyl halides is 2. The number of rotatable bonds is 3. The monoisotopic (exact) mass is 276 g/mol. The number of carboxylic acids is 1. The van der Waals surface area contributed by atoms with Crippen molar-refractivity contribution >= 4 is 12.0 Å². The van der Waals surface area contributed by atoms with Crippen molar-refractivity contribution in [2.75, 3.05) is 19.6 Å². The van der Waals surface area contributed by atoms with E-state index < -0.39 is 17.8 Å². The molecule has 1 aliphatic heterocycles. The average molecular weight is 276 g/mol. The summed E-state index contributed by atoms with van der Waals surface area (Å²) in [7, 11) is 0. The molecule has 0 radical (unpaired) electrons. The molecule has 19 heavy (non-hydrogen) atoms. The predicted molar refractivity (Wildman–Crippen MR) is 63.0 cm³/mol. The lowest BCUT2D eigenvalue weighted by Crippen LogP contribution is -2.50. The molecule has 0 spiro atoms. The van der Waals surface area contributed by atoms with Gasteiger partial charge in [-0.2, -0.15) is 0 Å². The molecule has 1 aliphatic carbocycles. The normalized spacial score (nSPS) is 26.6. The third-order valence-corrected chi connectivity index (χ3v) is 3.77. The quantitative estimate of drug-likeness (QED) is 0.821. The van der Waals surface area contributed by atoms with Gasteiger partial charge in [-0.05, 0) is 18.8 Å². The number of hydrogen-bond donors (Lipinski definition) is 2. The van der Waals surface area contributed by atoms with Gasteiger partial charge in [-0.25, -0.2) is 13.6 Å². The van der Waals surface area contributed by atoms with Crippen molar-refractivity contribution in [2.45, 2.75) is 31.6 Å². The molecule has 108 valence electrons. The average Bonchev–Trinajstić information content (AvgIpc) is 2.33. The van der Waals surface area contributed by atoms with Crippen LogP contribution in [0.1, 0.15) is 25.7 Å². The number of piperidine rings is 1. The maximum Gasteiger partial charge on any atom is 0.317 e. The molecule has 0 aromatic heterocycles. The maximum absolute atomic E-state index is 12.6. The SMILES string of the molecule is O=C(O)C1CCCN(C(=O)NCC2CC(F)(F)C2)C1. The van der Waals surface area contributed by atoms with E-state index in [-0.39, 0.29) is 37.9 Å². The summed E-state index contributed by atoms with van der Waals surface area (Å²) in [6, 6.07) is -0.346. The highest BCUT2D eigenvalue weighted by atomic mass is 19.3. The second-order valence-corrected chi connectivity index (χ2v) is 5.44. The lowest BCUT2D eigenvalue weighted by atomic mass is 9.81. The van der Waals surface area contributed by atoms with Crippen LogP contribution in [0.15, 0.2) is 0 Å². The highest BCUT2D eigenvalue weighted by molar-refractivity contribution is 5.76. The molecule has 1 heterocycles. The summed E-state index contributed by atoms with van der Waals surface area (Å²) in [4.78, 5) is 24.1. The van der Waals surface area contributed by atoms with Crippen molar-refractivity contribution in [2.24, 2.45) is 11.8 Å². The molecule has 5 nitrogen and oxygen atoms in total. The smallest absolute Gasteiger partial charge is 0.317 e. The van der Waals surface area contributed by atoms with Crippen molar-refractivity contribution in [3.8, 4) is 0 Å². The molecule has 2 fully saturated rings. The number of aliphatic carboxylic acids is 1. The fourth-order valence-electron chi connectivity index (χ4n) is 2.64. The zero-order valence-electron chi connectivity index (χ0n) is 10.6. The second-order valence-electron chi connectivity index (χ2n) is 5.44. The van der Waals surface area contributed by atoms with Crippen molar-refractivity contribution in [3.05, 3.63) is 0 Å². The minimum absolute atomic E-state index is 0.168. The van der Waals surface area contributed by atoms with Crippen LogP contribution in [0.5, 0.6) is 0 Å². The third-order valence-electron chi connectivity index (χ3n) is 3.77. The van der Waals surface area contributed by atoms with Crippen molar-refractivity contribution in [3.63, 3.8) is 0 Å². The lowest BCUT2D eigenvalue weighted by Gasteiger charge is -2.36. The molecule has 0 bridgehead atoms. The van der Waals surface area contributed by atoms with Crippen LogP contribution in [-0.4, -0.2) is 47.6 Å². The van der Waals surface area contributed by atoms with Gasteiger partial charge >= 0.3 is 12.0 Å². The van der Waals surface area contributed by atoms with Crippen LogP contribution < -0.4 is 5.32 Å². The molecule has 2 N–H and O–H groups in total. The Labute approximate surface area is 109 Å². The van der Waals surface area contributed by atoms with E-state index in [1.54, 1.807) is 0 Å². The first-order valence-electron chi connectivity index (χ1n) is 6.51. The van der Waals surface area contributed by atoms with E-state index in [9.17, 15) is 18.4 Å². The van der Waals surface area contributed by atoms with Crippen LogP contribution in [0.2, 0.25) is 0 Å². The number of carbonyl (C=O) groups excluding carboxylic acids is 1. The largest absolute Gasteiger partial charge is 0.481 e. The summed E-state index contributed by atoms with van der Waals surface area (Å²) in [5.41, 5.74) is 0. The minimum Gasteiger partial charge on any atom is -0.481 e. The summed E-state index contributed by atoms with van der Waals surface area (Å²) in [5, 5.41) is 11.5. The first-order chi connectivity index (χ1) is 8.87. The van der Waals surface area contributed by atoms with Crippen LogP contribution in [0.3, 0.4) is 0 Å². The summed E-state index contributed by atoms with van der Waals surface area (Å²) in [6.45, 7) is 0.959. The molecule has 2 aliphatic rings. The summed E-state index contributed by atoms with van der Waals surface area (Å²) in [6.07, 6.45) is 0.885. The topological polar surface area (TPSA) is 69.6 Å². The number of likely N-dealkylation sites (tertiary alicyclic amines) is 1. The highest BCUT2D eigenvalue weighted by Gasteiger charge is 2.45. The van der Waals surface area contributed by atoms with E-state index in [0.29, 0.717) is 19.4 Å². The van der Waals surface area contributed by atoms with Gasteiger partial charge in [0, 0.05) is 32.5 Å². The van der Waals surface area contributed by atoms with Gasteiger partial charge < -0.3 is 15.3 Å². The van der Waals surface area contributed by atoms with Crippen molar-refractivity contribution < 1.29 is 23.5 Å². The van der Waals surface area contributed by atoms with Crippen LogP contribution in [0, 0.1) is 11.8 Å². The van der Waals surface area contributed by atoms with Crippen LogP contribution in [-0.2, 0) is 4.79 Å². The van der Waals surface area contributed by atoms with Gasteiger partial charge in [0.25, 0.3) is 0 Å². The van der Waals surface area contributed by atoms with E-state index in [1.165, 1.54) is 4.90 Å².